The van der Waals surface area contributed by atoms with Crippen LogP contribution in [-0.2, 0) is 0 Å². The predicted molar refractivity (Wildman–Crippen MR) is 55.8 cm³/mol. The Morgan fingerprint density at radius 3 is 3.12 bits per heavy atom. The number of nitrogens with one attached hydrogen (secondary N) is 1. The second kappa shape index (κ2) is 2.90. The van der Waals surface area contributed by atoms with E-state index in [4.69, 9.17) is 5.26 Å². The summed E-state index contributed by atoms with van der Waals surface area (Å²) in [5.74, 6) is 0. The van der Waals surface area contributed by atoms with Gasteiger partial charge in [0.2, 0.25) is 0 Å². The van der Waals surface area contributed by atoms with E-state index in [1.54, 1.807) is 6.07 Å². The molecule has 0 atom stereocenters. The highest BCUT2D eigenvalue weighted by Gasteiger charge is 2.08. The first-order valence-electron chi connectivity index (χ1n) is 4.55. The van der Waals surface area contributed by atoms with Gasteiger partial charge in [-0.2, -0.15) is 10.4 Å². The molecular formula is C10H5N5O. The molecule has 0 saturated heterocycles. The molecule has 16 heavy (non-hydrogen) atoms. The van der Waals surface area contributed by atoms with Crippen LogP contribution in [0.3, 0.4) is 0 Å². The maximum absolute atomic E-state index is 11.5. The van der Waals surface area contributed by atoms with Gasteiger partial charge in [-0.25, -0.2) is 9.50 Å². The molecule has 3 aromatic heterocycles. The Morgan fingerprint density at radius 1 is 1.44 bits per heavy atom. The number of rotatable bonds is 0. The molecule has 0 amide bonds. The minimum Gasteiger partial charge on any atom is -0.328 e. The van der Waals surface area contributed by atoms with Gasteiger partial charge in [0, 0.05) is 12.4 Å². The van der Waals surface area contributed by atoms with Gasteiger partial charge in [-0.1, -0.05) is 0 Å². The van der Waals surface area contributed by atoms with Crippen molar-refractivity contribution in [3.63, 3.8) is 0 Å². The number of H-pyrrole nitrogens is 1. The standard InChI is InChI=1S/C10H5N5O/c11-3-6-4-14-15-8-1-2-12-10(16)7(8)5-13-9(6)15/h1-2,4-5H,(H,12,16). The van der Waals surface area contributed by atoms with E-state index in [9.17, 15) is 4.79 Å². The van der Waals surface area contributed by atoms with Crippen molar-refractivity contribution in [2.75, 3.05) is 0 Å². The second-order valence-corrected chi connectivity index (χ2v) is 3.27. The number of fused-ring (bicyclic) bond motifs is 3. The Balaban J connectivity index is 2.62. The molecule has 1 N–H and O–H groups in total. The van der Waals surface area contributed by atoms with Gasteiger partial charge in [-0.15, -0.1) is 0 Å². The van der Waals surface area contributed by atoms with E-state index >= 15 is 0 Å². The van der Waals surface area contributed by atoms with Crippen LogP contribution in [0.1, 0.15) is 5.56 Å². The normalized spacial score (nSPS) is 10.7. The molecule has 76 valence electrons. The van der Waals surface area contributed by atoms with E-state index in [1.165, 1.54) is 23.1 Å². The van der Waals surface area contributed by atoms with Gasteiger partial charge >= 0.3 is 0 Å². The zero-order valence-electron chi connectivity index (χ0n) is 8.01. The van der Waals surface area contributed by atoms with Crippen LogP contribution < -0.4 is 5.56 Å². The highest BCUT2D eigenvalue weighted by Crippen LogP contribution is 2.12. The molecule has 0 aromatic carbocycles. The number of nitriles is 1. The van der Waals surface area contributed by atoms with Crippen molar-refractivity contribution in [2.24, 2.45) is 0 Å². The summed E-state index contributed by atoms with van der Waals surface area (Å²) in [7, 11) is 0. The van der Waals surface area contributed by atoms with Crippen LogP contribution in [0.25, 0.3) is 16.6 Å². The largest absolute Gasteiger partial charge is 0.328 e. The third kappa shape index (κ3) is 0.966. The summed E-state index contributed by atoms with van der Waals surface area (Å²) < 4.78 is 1.49. The summed E-state index contributed by atoms with van der Waals surface area (Å²) in [5, 5.41) is 13.3. The molecule has 0 aliphatic heterocycles. The monoisotopic (exact) mass is 211 g/mol. The lowest BCUT2D eigenvalue weighted by molar-refractivity contribution is 0.979. The van der Waals surface area contributed by atoms with Crippen LogP contribution in [0.2, 0.25) is 0 Å². The molecule has 6 heteroatoms. The fourth-order valence-corrected chi connectivity index (χ4v) is 1.64. The Kier molecular flexibility index (Phi) is 1.56. The molecule has 0 spiro atoms. The summed E-state index contributed by atoms with van der Waals surface area (Å²) >= 11 is 0. The fourth-order valence-electron chi connectivity index (χ4n) is 1.64. The van der Waals surface area contributed by atoms with Crippen LogP contribution in [0.4, 0.5) is 0 Å². The Labute approximate surface area is 88.8 Å². The van der Waals surface area contributed by atoms with Gasteiger partial charge < -0.3 is 4.98 Å². The number of aromatic amines is 1. The van der Waals surface area contributed by atoms with Crippen molar-refractivity contribution >= 4 is 16.6 Å². The maximum atomic E-state index is 11.5. The molecule has 0 aliphatic rings. The number of hydrogen-bond acceptors (Lipinski definition) is 4. The lowest BCUT2D eigenvalue weighted by Gasteiger charge is -1.98. The summed E-state index contributed by atoms with van der Waals surface area (Å²) in [4.78, 5) is 18.1. The maximum Gasteiger partial charge on any atom is 0.258 e. The Morgan fingerprint density at radius 2 is 2.31 bits per heavy atom. The van der Waals surface area contributed by atoms with Gasteiger partial charge in [0.05, 0.1) is 17.1 Å². The van der Waals surface area contributed by atoms with Crippen molar-refractivity contribution < 1.29 is 0 Å². The van der Waals surface area contributed by atoms with E-state index in [2.05, 4.69) is 15.1 Å². The fraction of sp³-hybridized carbons (Fsp3) is 0. The summed E-state index contributed by atoms with van der Waals surface area (Å²) in [6, 6.07) is 3.72. The number of hydrogen-bond donors (Lipinski definition) is 1. The van der Waals surface area contributed by atoms with Crippen LogP contribution in [-0.4, -0.2) is 19.6 Å². The smallest absolute Gasteiger partial charge is 0.258 e. The Hall–Kier alpha value is -2.68. The lowest BCUT2D eigenvalue weighted by Crippen LogP contribution is -2.07. The minimum absolute atomic E-state index is 0.221. The summed E-state index contributed by atoms with van der Waals surface area (Å²) in [6.07, 6.45) is 4.42. The average Bonchev–Trinajstić information content (AvgIpc) is 2.72. The van der Waals surface area contributed by atoms with Crippen molar-refractivity contribution in [3.05, 3.63) is 40.6 Å². The van der Waals surface area contributed by atoms with Crippen molar-refractivity contribution in [2.45, 2.75) is 0 Å². The molecule has 0 fully saturated rings. The number of pyridine rings is 1. The molecule has 3 aromatic rings. The van der Waals surface area contributed by atoms with Gasteiger partial charge in [0.1, 0.15) is 11.6 Å². The van der Waals surface area contributed by atoms with Crippen LogP contribution >= 0.6 is 0 Å². The molecule has 6 nitrogen and oxygen atoms in total. The van der Waals surface area contributed by atoms with E-state index in [1.807, 2.05) is 6.07 Å². The molecular weight excluding hydrogens is 206 g/mol. The van der Waals surface area contributed by atoms with Crippen molar-refractivity contribution in [1.82, 2.24) is 19.6 Å². The predicted octanol–water partition coefficient (Wildman–Crippen LogP) is 0.442. The van der Waals surface area contributed by atoms with Gasteiger partial charge in [-0.3, -0.25) is 4.79 Å². The highest BCUT2D eigenvalue weighted by atomic mass is 16.1. The number of aromatic nitrogens is 4. The minimum atomic E-state index is -0.221. The molecule has 0 saturated carbocycles. The van der Waals surface area contributed by atoms with Crippen molar-refractivity contribution in [3.8, 4) is 6.07 Å². The van der Waals surface area contributed by atoms with Gasteiger partial charge in [0.25, 0.3) is 5.56 Å². The first-order valence-corrected chi connectivity index (χ1v) is 4.55. The van der Waals surface area contributed by atoms with Crippen LogP contribution in [0.15, 0.2) is 29.5 Å². The zero-order valence-corrected chi connectivity index (χ0v) is 8.01. The van der Waals surface area contributed by atoms with Gasteiger partial charge in [0.15, 0.2) is 5.65 Å². The first-order chi connectivity index (χ1) is 7.81. The third-order valence-electron chi connectivity index (χ3n) is 2.38. The summed E-state index contributed by atoms with van der Waals surface area (Å²) in [6.45, 7) is 0. The molecule has 0 bridgehead atoms. The van der Waals surface area contributed by atoms with Crippen LogP contribution in [0, 0.1) is 11.3 Å². The van der Waals surface area contributed by atoms with Crippen molar-refractivity contribution in [1.29, 1.82) is 5.26 Å². The third-order valence-corrected chi connectivity index (χ3v) is 2.38. The molecule has 0 aliphatic carbocycles. The van der Waals surface area contributed by atoms with E-state index in [0.717, 1.165) is 0 Å². The topological polar surface area (TPSA) is 86.8 Å². The highest BCUT2D eigenvalue weighted by molar-refractivity contribution is 5.79. The van der Waals surface area contributed by atoms with E-state index in [0.29, 0.717) is 22.1 Å². The lowest BCUT2D eigenvalue weighted by atomic mass is 10.3. The van der Waals surface area contributed by atoms with E-state index in [-0.39, 0.29) is 5.56 Å². The average molecular weight is 211 g/mol. The quantitative estimate of drug-likeness (QED) is 0.584. The van der Waals surface area contributed by atoms with E-state index < -0.39 is 0 Å². The molecule has 0 radical (unpaired) electrons. The number of nitrogens with zero attached hydrogens (tertiary/aromatic N) is 4. The Bertz CT molecular complexity index is 792. The SMILES string of the molecule is N#Cc1cnn2c1ncc1c(=O)[nH]ccc12. The van der Waals surface area contributed by atoms with Crippen LogP contribution in [0.5, 0.6) is 0 Å². The molecule has 3 heterocycles. The zero-order chi connectivity index (χ0) is 11.1. The van der Waals surface area contributed by atoms with Gasteiger partial charge in [-0.05, 0) is 6.07 Å². The summed E-state index contributed by atoms with van der Waals surface area (Å²) in [5.41, 5.74) is 1.26. The molecule has 0 unspecified atom stereocenters. The first kappa shape index (κ1) is 8.61. The molecule has 3 rings (SSSR count). The second-order valence-electron chi connectivity index (χ2n) is 3.27.